The minimum Gasteiger partial charge on any atom is -0.508 e. The first-order chi connectivity index (χ1) is 68.0. The number of benzene rings is 6. The molecule has 0 aliphatic carbocycles. The van der Waals surface area contributed by atoms with Gasteiger partial charge in [-0.2, -0.15) is 0 Å². The van der Waals surface area contributed by atoms with Crippen molar-refractivity contribution in [3.63, 3.8) is 0 Å². The molecule has 6 aromatic carbocycles. The highest BCUT2D eigenvalue weighted by atomic mass is 79.9. The van der Waals surface area contributed by atoms with Crippen LogP contribution < -0.4 is 63.9 Å². The molecule has 0 heterocycles. The number of phenolic OH excluding ortho intramolecular Hbond substituents is 1. The van der Waals surface area contributed by atoms with Gasteiger partial charge in [-0.1, -0.05) is 143 Å². The molecule has 0 saturated carbocycles. The van der Waals surface area contributed by atoms with Crippen LogP contribution in [0.4, 0.5) is 33.6 Å². The summed E-state index contributed by atoms with van der Waals surface area (Å²) in [6, 6.07) is 46.3. The van der Waals surface area contributed by atoms with Gasteiger partial charge in [0.1, 0.15) is 95.7 Å². The summed E-state index contributed by atoms with van der Waals surface area (Å²) < 4.78 is 65.4. The number of aliphatic carboxylic acids is 1. The van der Waals surface area contributed by atoms with Gasteiger partial charge in [0.15, 0.2) is 0 Å². The van der Waals surface area contributed by atoms with Crippen LogP contribution >= 0.6 is 28.3 Å². The summed E-state index contributed by atoms with van der Waals surface area (Å²) in [5, 5.41) is 61.1. The SMILES string of the molecule is CC(C)(C)OC(=O)NC(CCOc1ccc(CCCCNC(=O)OCc2ccccc2)cc1)C(N)=O.COC(=O)C(CCBr)NC(=O)OC(C)(C)C.COC(=O)C(CCO)NC(=O)OC(C)(C)C.COC(=O)C(CCOc1ccc(CCCCNC(=O)OCc2ccccc2)cc1)NC(=O)OC(C)(C)C.COC(=O)C(N)CCO.Cl.NC(CCO)C(=O)O.O=C(NCCCCc1ccc(O)cc1)OCc1ccccc1. The van der Waals surface area contributed by atoms with E-state index in [-0.39, 0.29) is 103 Å². The summed E-state index contributed by atoms with van der Waals surface area (Å²) in [7, 11) is 5.02. The predicted octanol–water partition coefficient (Wildman–Crippen LogP) is 12.8. The molecule has 0 fully saturated rings. The molecule has 0 aromatic heterocycles. The average Bonchev–Trinajstić information content (AvgIpc) is 0.894. The Balaban J connectivity index is 0. The fraction of sp³-hybridized carbons (Fsp3) is 0.520. The minimum absolute atomic E-state index is 0. The van der Waals surface area contributed by atoms with E-state index in [9.17, 15) is 67.4 Å². The third-order valence-corrected chi connectivity index (χ3v) is 18.8. The van der Waals surface area contributed by atoms with E-state index in [2.05, 4.69) is 67.4 Å². The Hall–Kier alpha value is -13.0. The van der Waals surface area contributed by atoms with Crippen LogP contribution in [-0.4, -0.2) is 249 Å². The number of alkyl halides is 1. The van der Waals surface area contributed by atoms with E-state index in [1.165, 1.54) is 34.0 Å². The summed E-state index contributed by atoms with van der Waals surface area (Å²) in [5.74, 6) is -2.27. The van der Waals surface area contributed by atoms with Crippen molar-refractivity contribution < 1.29 is 149 Å². The van der Waals surface area contributed by atoms with Gasteiger partial charge in [-0.3, -0.25) is 14.4 Å². The number of aliphatic hydroxyl groups is 3. The number of aliphatic hydroxyl groups excluding tert-OH is 3. The Kier molecular flexibility index (Phi) is 71.7. The molecule has 0 spiro atoms. The van der Waals surface area contributed by atoms with Crippen LogP contribution in [0.1, 0.15) is 194 Å². The monoisotopic (exact) mass is 2130 g/mol. The van der Waals surface area contributed by atoms with Crippen LogP contribution in [0.3, 0.4) is 0 Å². The normalized spacial score (nSPS) is 11.8. The van der Waals surface area contributed by atoms with Gasteiger partial charge in [-0.05, 0) is 230 Å². The fourth-order valence-corrected chi connectivity index (χ4v) is 11.6. The number of esters is 4. The number of alkyl carbamates (subject to hydrolysis) is 7. The van der Waals surface area contributed by atoms with Gasteiger partial charge in [-0.25, -0.2) is 47.9 Å². The van der Waals surface area contributed by atoms with E-state index in [1.54, 1.807) is 95.2 Å². The predicted molar refractivity (Wildman–Crippen MR) is 548 cm³/mol. The minimum atomic E-state index is -1.07. The number of unbranched alkanes of at least 4 members (excludes halogenated alkanes) is 3. The van der Waals surface area contributed by atoms with Crippen LogP contribution in [0.25, 0.3) is 0 Å². The van der Waals surface area contributed by atoms with Gasteiger partial charge < -0.3 is 142 Å². The number of nitrogens with one attached hydrogen (secondary N) is 7. The highest BCUT2D eigenvalue weighted by Gasteiger charge is 2.29. The summed E-state index contributed by atoms with van der Waals surface area (Å²) >= 11 is 3.20. The third-order valence-electron chi connectivity index (χ3n) is 18.3. The number of aryl methyl sites for hydroxylation is 3. The zero-order valence-corrected chi connectivity index (χ0v) is 88.4. The number of nitrogens with two attached hydrogens (primary N) is 3. The van der Waals surface area contributed by atoms with E-state index < -0.39 is 131 Å². The van der Waals surface area contributed by atoms with Crippen molar-refractivity contribution >= 4 is 107 Å². The molecule has 41 nitrogen and oxygen atoms in total. The molecular formula is C102H154BrClN10O31. The Labute approximate surface area is 864 Å². The Bertz CT molecular complexity index is 4560. The second-order valence-corrected chi connectivity index (χ2v) is 36.2. The molecule has 6 aromatic rings. The van der Waals surface area contributed by atoms with Crippen LogP contribution in [0.2, 0.25) is 0 Å². The van der Waals surface area contributed by atoms with Gasteiger partial charge >= 0.3 is 72.5 Å². The lowest BCUT2D eigenvalue weighted by Gasteiger charge is -2.22. The van der Waals surface area contributed by atoms with Crippen molar-refractivity contribution in [1.82, 2.24) is 37.2 Å². The smallest absolute Gasteiger partial charge is 0.408 e. The molecule has 0 radical (unpaired) electrons. The number of primary amides is 1. The molecule has 0 aliphatic rings. The second kappa shape index (κ2) is 77.5. The summed E-state index contributed by atoms with van der Waals surface area (Å²) in [5.41, 5.74) is 19.3. The lowest BCUT2D eigenvalue weighted by molar-refractivity contribution is -0.144. The van der Waals surface area contributed by atoms with Gasteiger partial charge in [0.2, 0.25) is 5.91 Å². The van der Waals surface area contributed by atoms with Crippen LogP contribution in [0, 0.1) is 0 Å². The molecule has 18 N–H and O–H groups in total. The van der Waals surface area contributed by atoms with Crippen molar-refractivity contribution in [2.24, 2.45) is 17.2 Å². The quantitative estimate of drug-likeness (QED) is 0.00730. The highest BCUT2D eigenvalue weighted by molar-refractivity contribution is 9.09. The zero-order valence-electron chi connectivity index (χ0n) is 86.0. The number of carbonyl (C=O) groups is 13. The lowest BCUT2D eigenvalue weighted by atomic mass is 10.1. The third kappa shape index (κ3) is 73.7. The van der Waals surface area contributed by atoms with Crippen molar-refractivity contribution in [3.8, 4) is 17.2 Å². The molecule has 0 saturated heterocycles. The number of aromatic hydroxyl groups is 1. The van der Waals surface area contributed by atoms with E-state index in [0.717, 1.165) is 85.6 Å². The number of ether oxygens (including phenoxy) is 13. The van der Waals surface area contributed by atoms with Gasteiger partial charge in [0.05, 0.1) is 41.7 Å². The maximum Gasteiger partial charge on any atom is 0.408 e. The molecule has 8 amide bonds. The molecule has 6 unspecified atom stereocenters. The zero-order chi connectivity index (χ0) is 108. The Morgan fingerprint density at radius 3 is 0.869 bits per heavy atom. The fourth-order valence-electron chi connectivity index (χ4n) is 11.2. The molecule has 43 heteroatoms. The van der Waals surface area contributed by atoms with Gasteiger partial charge in [-0.15, -0.1) is 12.4 Å². The number of hydrogen-bond acceptors (Lipinski definition) is 32. The van der Waals surface area contributed by atoms with E-state index in [0.29, 0.717) is 49.5 Å². The number of phenols is 1. The molecule has 6 atom stereocenters. The first-order valence-electron chi connectivity index (χ1n) is 46.8. The highest BCUT2D eigenvalue weighted by Crippen LogP contribution is 2.20. The molecule has 6 rings (SSSR count). The maximum absolute atomic E-state index is 12.0. The Morgan fingerprint density at radius 2 is 0.607 bits per heavy atom. The van der Waals surface area contributed by atoms with E-state index in [1.807, 2.05) is 152 Å². The number of carbonyl (C=O) groups excluding carboxylic acids is 12. The first-order valence-corrected chi connectivity index (χ1v) is 47.9. The molecule has 812 valence electrons. The lowest BCUT2D eigenvalue weighted by Crippen LogP contribution is -2.47. The number of hydrogen-bond donors (Lipinski definition) is 15. The summed E-state index contributed by atoms with van der Waals surface area (Å²) in [6.07, 6.45) is 5.45. The van der Waals surface area contributed by atoms with Crippen LogP contribution in [0.5, 0.6) is 17.2 Å². The maximum atomic E-state index is 12.0. The Morgan fingerprint density at radius 1 is 0.338 bits per heavy atom. The number of rotatable bonds is 47. The largest absolute Gasteiger partial charge is 0.508 e. The van der Waals surface area contributed by atoms with E-state index >= 15 is 0 Å². The molecule has 0 aliphatic heterocycles. The van der Waals surface area contributed by atoms with Crippen molar-refractivity contribution in [2.45, 2.75) is 258 Å². The topological polar surface area (TPSA) is 605 Å². The molecular weight excluding hydrogens is 1980 g/mol. The number of halogens is 2. The van der Waals surface area contributed by atoms with Crippen LogP contribution in [-0.2, 0) is 120 Å². The number of carboxylic acids is 1. The first kappa shape index (κ1) is 134. The van der Waals surface area contributed by atoms with Gasteiger partial charge in [0, 0.05) is 64.0 Å². The summed E-state index contributed by atoms with van der Waals surface area (Å²) in [6.45, 7) is 23.3. The average molecular weight is 2130 g/mol. The number of carboxylic acid groups (broad SMARTS) is 1. The number of methoxy groups -OCH3 is 4. The summed E-state index contributed by atoms with van der Waals surface area (Å²) in [4.78, 5) is 148. The van der Waals surface area contributed by atoms with Crippen molar-refractivity contribution in [1.29, 1.82) is 0 Å². The second-order valence-electron chi connectivity index (χ2n) is 35.4. The molecule has 145 heavy (non-hydrogen) atoms. The van der Waals surface area contributed by atoms with Crippen molar-refractivity contribution in [2.75, 3.05) is 86.4 Å². The van der Waals surface area contributed by atoms with Gasteiger partial charge in [0.25, 0.3) is 0 Å². The van der Waals surface area contributed by atoms with Crippen molar-refractivity contribution in [3.05, 3.63) is 197 Å². The van der Waals surface area contributed by atoms with Crippen LogP contribution in [0.15, 0.2) is 164 Å². The standard InChI is InChI=1S/C28H38N2O7.C27H37N3O6.C18H21NO3.C10H18BrNO4.C10H19NO5.C5H11NO3.C4H9NO3.ClH/c1-28(2,3)37-27(33)30-24(25(31)34-4)17-19-35-23-15-13-21(14-16-23)10-8-9-18-29-26(32)36-20-22-11-6-5-7-12-22;1-27(2,3)36-26(33)30-23(24(28)31)16-18-34-22-14-12-20(13-15-22)9-7-8-17-29-25(32)35-19-21-10-5-4-6-11-21;20-17-11-9-15(10-12-17)6-4-5-13-19-18(21)22-14-16-7-2-1-3-8-16;1-10(2,3)16-9(14)12-7(5-6-11)8(13)15-4;1-10(2,3)16-9(14)11-7(5-6-12)8(13)15-4;1-9-5(8)4(6)2-3-7;5-3(1-2-6)4(7)8;/h5-7,11-16,24H,8-10,17-20H2,1-4H3,(H,29,32)(H,30,33);4-6,10-15,23H,7-9,16-19H2,1-3H3,(H2,28,31)(H,29,32)(H,30,33);1-3,7-12,20H,4-6,13-14H2,(H,19,21);7H,5-6H2,1-4H3,(H,12,14);7,12H,5-6H2,1-4H3,(H,11,14);4,7H,2-3,6H2,1H3;3,6H,1-2,5H2,(H,7,8);1H. The molecule has 0 bridgehead atoms. The number of amides is 8. The van der Waals surface area contributed by atoms with E-state index in [4.69, 9.17) is 85.0 Å².